The lowest BCUT2D eigenvalue weighted by Gasteiger charge is -2.24. The average molecular weight is 478 g/mol. The number of anilines is 2. The van der Waals surface area contributed by atoms with Crippen LogP contribution in [0.3, 0.4) is 0 Å². The molecule has 1 unspecified atom stereocenters. The number of furan rings is 1. The minimum Gasteiger partial charge on any atom is -0.452 e. The maximum atomic E-state index is 6.48. The first-order valence-electron chi connectivity index (χ1n) is 13.2. The summed E-state index contributed by atoms with van der Waals surface area (Å²) in [5, 5.41) is 5.69. The molecule has 0 radical (unpaired) electrons. The van der Waals surface area contributed by atoms with Gasteiger partial charge in [0.05, 0.1) is 11.2 Å². The predicted molar refractivity (Wildman–Crippen MR) is 148 cm³/mol. The van der Waals surface area contributed by atoms with Gasteiger partial charge in [0.2, 0.25) is 0 Å². The van der Waals surface area contributed by atoms with E-state index < -0.39 is 0 Å². The van der Waals surface area contributed by atoms with Crippen LogP contribution in [0.5, 0.6) is 0 Å². The molecule has 182 valence electrons. The molecule has 4 heterocycles. The first kappa shape index (κ1) is 21.6. The summed E-state index contributed by atoms with van der Waals surface area (Å²) < 4.78 is 6.48. The van der Waals surface area contributed by atoms with Gasteiger partial charge in [-0.15, -0.1) is 0 Å². The Balaban J connectivity index is 1.39. The number of aromatic nitrogens is 2. The Kier molecular flexibility index (Phi) is 5.28. The molecule has 2 aromatic carbocycles. The third kappa shape index (κ3) is 3.95. The zero-order valence-corrected chi connectivity index (χ0v) is 20.4. The van der Waals surface area contributed by atoms with E-state index in [0.29, 0.717) is 0 Å². The molecule has 7 rings (SSSR count). The van der Waals surface area contributed by atoms with E-state index in [1.807, 2.05) is 18.3 Å². The van der Waals surface area contributed by atoms with Gasteiger partial charge in [-0.2, -0.15) is 0 Å². The van der Waals surface area contributed by atoms with E-state index in [1.54, 1.807) is 0 Å². The molecule has 0 amide bonds. The molecule has 0 spiro atoms. The molecular weight excluding hydrogens is 446 g/mol. The second-order valence-corrected chi connectivity index (χ2v) is 10.4. The topological polar surface area (TPSA) is 80.2 Å². The molecule has 5 aromatic rings. The Hall–Kier alpha value is -3.64. The number of fused-ring (bicyclic) bond motifs is 4. The van der Waals surface area contributed by atoms with E-state index >= 15 is 0 Å². The fraction of sp³-hybridized carbons (Fsp3) is 0.333. The third-order valence-electron chi connectivity index (χ3n) is 7.72. The second kappa shape index (κ2) is 8.79. The van der Waals surface area contributed by atoms with Crippen LogP contribution in [0.4, 0.5) is 11.5 Å². The monoisotopic (exact) mass is 477 g/mol. The molecule has 1 aliphatic heterocycles. The SMILES string of the molecule is NC1CCCN(c2c3cc(-c4ccnc(NCC5CC5)c4)ccc3nc3c2oc2ccccc23)CC1. The molecule has 2 fully saturated rings. The van der Waals surface area contributed by atoms with E-state index in [0.717, 1.165) is 100 Å². The summed E-state index contributed by atoms with van der Waals surface area (Å²) in [7, 11) is 0. The Morgan fingerprint density at radius 2 is 1.83 bits per heavy atom. The van der Waals surface area contributed by atoms with Crippen molar-refractivity contribution < 1.29 is 4.42 Å². The molecule has 1 saturated carbocycles. The van der Waals surface area contributed by atoms with Gasteiger partial charge in [0.25, 0.3) is 0 Å². The molecule has 6 heteroatoms. The van der Waals surface area contributed by atoms with Crippen LogP contribution in [-0.2, 0) is 0 Å². The Morgan fingerprint density at radius 3 is 2.75 bits per heavy atom. The van der Waals surface area contributed by atoms with Crippen LogP contribution in [0.15, 0.2) is 65.2 Å². The number of para-hydroxylation sites is 1. The number of nitrogens with two attached hydrogens (primary N) is 1. The lowest BCUT2D eigenvalue weighted by Crippen LogP contribution is -2.26. The smallest absolute Gasteiger partial charge is 0.177 e. The van der Waals surface area contributed by atoms with E-state index in [4.69, 9.17) is 15.1 Å². The van der Waals surface area contributed by atoms with E-state index in [2.05, 4.69) is 57.7 Å². The molecule has 2 aliphatic rings. The summed E-state index contributed by atoms with van der Waals surface area (Å²) in [5.74, 6) is 1.74. The van der Waals surface area contributed by atoms with E-state index in [1.165, 1.54) is 12.8 Å². The molecule has 0 bridgehead atoms. The van der Waals surface area contributed by atoms with Crippen LogP contribution in [0.25, 0.3) is 44.1 Å². The highest BCUT2D eigenvalue weighted by atomic mass is 16.3. The minimum absolute atomic E-state index is 0.253. The maximum absolute atomic E-state index is 6.48. The van der Waals surface area contributed by atoms with Crippen LogP contribution in [0.1, 0.15) is 32.1 Å². The lowest BCUT2D eigenvalue weighted by molar-refractivity contribution is 0.601. The van der Waals surface area contributed by atoms with Crippen molar-refractivity contribution in [2.75, 3.05) is 29.9 Å². The highest BCUT2D eigenvalue weighted by molar-refractivity contribution is 6.14. The molecule has 1 saturated heterocycles. The van der Waals surface area contributed by atoms with Gasteiger partial charge in [-0.25, -0.2) is 9.97 Å². The molecule has 1 aliphatic carbocycles. The Bertz CT molecular complexity index is 1570. The highest BCUT2D eigenvalue weighted by Gasteiger charge is 2.24. The number of nitrogens with zero attached hydrogens (tertiary/aromatic N) is 3. The zero-order valence-electron chi connectivity index (χ0n) is 20.4. The summed E-state index contributed by atoms with van der Waals surface area (Å²) in [4.78, 5) is 12.1. The Labute approximate surface area is 210 Å². The molecule has 1 atom stereocenters. The standard InChI is InChI=1S/C30H31N5O/c31-22-4-3-14-35(15-12-22)29-24-16-20(21-11-13-32-27(17-21)33-18-19-7-8-19)9-10-25(24)34-28-23-5-1-2-6-26(23)36-30(28)29/h1-2,5-6,9-11,13,16-17,19,22H,3-4,7-8,12,14-15,18,31H2,(H,32,33). The number of hydrogen-bond donors (Lipinski definition) is 2. The van der Waals surface area contributed by atoms with Gasteiger partial charge in [-0.05, 0) is 85.5 Å². The fourth-order valence-electron chi connectivity index (χ4n) is 5.49. The summed E-state index contributed by atoms with van der Waals surface area (Å²) in [6.07, 6.45) is 7.65. The normalized spacial score (nSPS) is 18.7. The lowest BCUT2D eigenvalue weighted by atomic mass is 10.0. The summed E-state index contributed by atoms with van der Waals surface area (Å²) in [6.45, 7) is 2.89. The van der Waals surface area contributed by atoms with E-state index in [9.17, 15) is 0 Å². The van der Waals surface area contributed by atoms with Crippen molar-refractivity contribution in [1.82, 2.24) is 9.97 Å². The average Bonchev–Trinajstić information content (AvgIpc) is 3.70. The van der Waals surface area contributed by atoms with Crippen LogP contribution < -0.4 is 16.0 Å². The van der Waals surface area contributed by atoms with Crippen molar-refractivity contribution in [2.24, 2.45) is 11.7 Å². The number of pyridine rings is 2. The van der Waals surface area contributed by atoms with Crippen LogP contribution >= 0.6 is 0 Å². The van der Waals surface area contributed by atoms with Crippen LogP contribution in [-0.4, -0.2) is 35.6 Å². The van der Waals surface area contributed by atoms with Crippen LogP contribution in [0.2, 0.25) is 0 Å². The summed E-state index contributed by atoms with van der Waals surface area (Å²) >= 11 is 0. The van der Waals surface area contributed by atoms with Gasteiger partial charge >= 0.3 is 0 Å². The fourth-order valence-corrected chi connectivity index (χ4v) is 5.49. The largest absolute Gasteiger partial charge is 0.452 e. The minimum atomic E-state index is 0.253. The number of hydrogen-bond acceptors (Lipinski definition) is 6. The zero-order chi connectivity index (χ0) is 24.1. The van der Waals surface area contributed by atoms with Crippen molar-refractivity contribution in [2.45, 2.75) is 38.1 Å². The number of rotatable bonds is 5. The van der Waals surface area contributed by atoms with Crippen molar-refractivity contribution in [3.63, 3.8) is 0 Å². The van der Waals surface area contributed by atoms with Crippen molar-refractivity contribution >= 4 is 44.5 Å². The maximum Gasteiger partial charge on any atom is 0.177 e. The van der Waals surface area contributed by atoms with Crippen molar-refractivity contribution in [1.29, 1.82) is 0 Å². The van der Waals surface area contributed by atoms with Gasteiger partial charge < -0.3 is 20.4 Å². The molecule has 3 N–H and O–H groups in total. The van der Waals surface area contributed by atoms with Crippen molar-refractivity contribution in [3.8, 4) is 11.1 Å². The van der Waals surface area contributed by atoms with Crippen LogP contribution in [0, 0.1) is 5.92 Å². The highest BCUT2D eigenvalue weighted by Crippen LogP contribution is 2.41. The van der Waals surface area contributed by atoms with Gasteiger partial charge in [-0.3, -0.25) is 0 Å². The van der Waals surface area contributed by atoms with Crippen molar-refractivity contribution in [3.05, 3.63) is 60.8 Å². The summed E-state index contributed by atoms with van der Waals surface area (Å²) in [5.41, 5.74) is 13.5. The van der Waals surface area contributed by atoms with Gasteiger partial charge in [-0.1, -0.05) is 18.2 Å². The quantitative estimate of drug-likeness (QED) is 0.308. The van der Waals surface area contributed by atoms with Gasteiger partial charge in [0.15, 0.2) is 5.58 Å². The first-order valence-corrected chi connectivity index (χ1v) is 13.2. The third-order valence-corrected chi connectivity index (χ3v) is 7.72. The Morgan fingerprint density at radius 1 is 0.944 bits per heavy atom. The second-order valence-electron chi connectivity index (χ2n) is 10.4. The molecule has 6 nitrogen and oxygen atoms in total. The van der Waals surface area contributed by atoms with E-state index in [-0.39, 0.29) is 6.04 Å². The number of nitrogens with one attached hydrogen (secondary N) is 1. The molecule has 36 heavy (non-hydrogen) atoms. The summed E-state index contributed by atoms with van der Waals surface area (Å²) in [6, 6.07) is 19.3. The van der Waals surface area contributed by atoms with Gasteiger partial charge in [0, 0.05) is 42.6 Å². The molecular formula is C30H31N5O. The van der Waals surface area contributed by atoms with Gasteiger partial charge in [0.1, 0.15) is 16.9 Å². The molecule has 3 aromatic heterocycles. The predicted octanol–water partition coefficient (Wildman–Crippen LogP) is 6.34. The number of benzene rings is 2. The first-order chi connectivity index (χ1) is 17.7.